The second-order valence-corrected chi connectivity index (χ2v) is 8.62. The van der Waals surface area contributed by atoms with Crippen LogP contribution in [0.15, 0.2) is 0 Å². The van der Waals surface area contributed by atoms with Gasteiger partial charge >= 0.3 is 0 Å². The zero-order valence-electron chi connectivity index (χ0n) is 16.8. The molecule has 0 radical (unpaired) electrons. The first kappa shape index (κ1) is 21.6. The van der Waals surface area contributed by atoms with E-state index in [1.54, 1.807) is 7.05 Å². The molecule has 6 nitrogen and oxygen atoms in total. The molecule has 2 amide bonds. The smallest absolute Gasteiger partial charge is 0.246 e. The van der Waals surface area contributed by atoms with E-state index in [1.165, 1.54) is 4.90 Å². The standard InChI is InChI=1S/C19H35N3O3/c1-13(2)15(12-23)22(7)18(25)16(19(3,4)5)20-17(24)14-10-8-9-11-21(14)6/h12-16H,8-11H2,1-7H3,(H,20,24)/t14?,15-,16?/m1/s1. The van der Waals surface area contributed by atoms with E-state index < -0.39 is 17.5 Å². The van der Waals surface area contributed by atoms with Crippen LogP contribution in [-0.2, 0) is 14.4 Å². The molecule has 0 spiro atoms. The van der Waals surface area contributed by atoms with Crippen molar-refractivity contribution in [1.29, 1.82) is 0 Å². The first-order chi connectivity index (χ1) is 11.5. The first-order valence-corrected chi connectivity index (χ1v) is 9.23. The van der Waals surface area contributed by atoms with Crippen LogP contribution in [-0.4, -0.2) is 66.7 Å². The highest BCUT2D eigenvalue weighted by Gasteiger charge is 2.39. The average molecular weight is 354 g/mol. The lowest BCUT2D eigenvalue weighted by molar-refractivity contribution is -0.143. The molecule has 1 aliphatic rings. The lowest BCUT2D eigenvalue weighted by Crippen LogP contribution is -2.60. The third-order valence-electron chi connectivity index (χ3n) is 5.09. The zero-order valence-corrected chi connectivity index (χ0v) is 16.8. The van der Waals surface area contributed by atoms with Gasteiger partial charge in [0, 0.05) is 7.05 Å². The summed E-state index contributed by atoms with van der Waals surface area (Å²) in [7, 11) is 3.59. The molecule has 0 bridgehead atoms. The number of likely N-dealkylation sites (N-methyl/N-ethyl adjacent to an activating group) is 2. The van der Waals surface area contributed by atoms with Crippen molar-refractivity contribution < 1.29 is 14.4 Å². The Labute approximate surface area is 152 Å². The maximum atomic E-state index is 13.0. The van der Waals surface area contributed by atoms with Crippen LogP contribution < -0.4 is 5.32 Å². The Kier molecular flexibility index (Phi) is 7.60. The molecule has 0 aromatic rings. The van der Waals surface area contributed by atoms with Crippen molar-refractivity contribution in [2.45, 2.75) is 72.0 Å². The Morgan fingerprint density at radius 3 is 2.28 bits per heavy atom. The van der Waals surface area contributed by atoms with Crippen LogP contribution in [0.4, 0.5) is 0 Å². The van der Waals surface area contributed by atoms with Crippen LogP contribution in [0, 0.1) is 11.3 Å². The van der Waals surface area contributed by atoms with Gasteiger partial charge in [0.15, 0.2) is 0 Å². The predicted octanol–water partition coefficient (Wildman–Crippen LogP) is 1.68. The van der Waals surface area contributed by atoms with Crippen LogP contribution in [0.25, 0.3) is 0 Å². The number of hydrogen-bond donors (Lipinski definition) is 1. The van der Waals surface area contributed by atoms with E-state index in [9.17, 15) is 14.4 Å². The third kappa shape index (κ3) is 5.53. The van der Waals surface area contributed by atoms with Gasteiger partial charge in [-0.1, -0.05) is 41.0 Å². The van der Waals surface area contributed by atoms with Gasteiger partial charge < -0.3 is 15.0 Å². The molecule has 1 rings (SSSR count). The van der Waals surface area contributed by atoms with Gasteiger partial charge in [-0.3, -0.25) is 14.5 Å². The quantitative estimate of drug-likeness (QED) is 0.738. The first-order valence-electron chi connectivity index (χ1n) is 9.23. The fourth-order valence-electron chi connectivity index (χ4n) is 3.34. The monoisotopic (exact) mass is 353 g/mol. The molecule has 1 fully saturated rings. The van der Waals surface area contributed by atoms with E-state index in [1.807, 2.05) is 41.7 Å². The second kappa shape index (κ2) is 8.79. The molecule has 0 aliphatic carbocycles. The minimum absolute atomic E-state index is 0.0206. The Balaban J connectivity index is 2.95. The fraction of sp³-hybridized carbons (Fsp3) is 0.842. The van der Waals surface area contributed by atoms with Gasteiger partial charge in [-0.2, -0.15) is 0 Å². The topological polar surface area (TPSA) is 69.7 Å². The van der Waals surface area contributed by atoms with Gasteiger partial charge in [-0.15, -0.1) is 0 Å². The number of hydrogen-bond acceptors (Lipinski definition) is 4. The number of amides is 2. The van der Waals surface area contributed by atoms with E-state index in [0.29, 0.717) is 0 Å². The summed E-state index contributed by atoms with van der Waals surface area (Å²) < 4.78 is 0. The second-order valence-electron chi connectivity index (χ2n) is 8.62. The molecule has 1 saturated heterocycles. The Morgan fingerprint density at radius 2 is 1.84 bits per heavy atom. The number of carbonyl (C=O) groups excluding carboxylic acids is 3. The molecule has 2 unspecified atom stereocenters. The molecule has 6 heteroatoms. The van der Waals surface area contributed by atoms with Crippen molar-refractivity contribution in [1.82, 2.24) is 15.1 Å². The lowest BCUT2D eigenvalue weighted by atomic mass is 9.85. The van der Waals surface area contributed by atoms with E-state index in [2.05, 4.69) is 10.2 Å². The van der Waals surface area contributed by atoms with E-state index >= 15 is 0 Å². The van der Waals surface area contributed by atoms with Crippen LogP contribution in [0.1, 0.15) is 53.9 Å². The summed E-state index contributed by atoms with van der Waals surface area (Å²) >= 11 is 0. The SMILES string of the molecule is CC(C)[C@@H](C=O)N(C)C(=O)C(NC(=O)C1CCCCN1C)C(C)(C)C. The molecule has 1 aliphatic heterocycles. The molecule has 25 heavy (non-hydrogen) atoms. The largest absolute Gasteiger partial charge is 0.342 e. The minimum atomic E-state index is -0.665. The zero-order chi connectivity index (χ0) is 19.4. The van der Waals surface area contributed by atoms with E-state index in [4.69, 9.17) is 0 Å². The van der Waals surface area contributed by atoms with Crippen LogP contribution in [0.2, 0.25) is 0 Å². The molecule has 0 aromatic heterocycles. The van der Waals surface area contributed by atoms with E-state index in [-0.39, 0.29) is 23.8 Å². The molecule has 0 aromatic carbocycles. The number of likely N-dealkylation sites (tertiary alicyclic amines) is 1. The number of piperidine rings is 1. The van der Waals surface area contributed by atoms with Crippen molar-refractivity contribution in [3.05, 3.63) is 0 Å². The Bertz CT molecular complexity index is 485. The van der Waals surface area contributed by atoms with Crippen LogP contribution >= 0.6 is 0 Å². The van der Waals surface area contributed by atoms with Gasteiger partial charge in [-0.05, 0) is 37.8 Å². The van der Waals surface area contributed by atoms with Crippen LogP contribution in [0.3, 0.4) is 0 Å². The Hall–Kier alpha value is -1.43. The number of nitrogens with zero attached hydrogens (tertiary/aromatic N) is 2. The van der Waals surface area contributed by atoms with Crippen molar-refractivity contribution in [2.24, 2.45) is 11.3 Å². The molecular weight excluding hydrogens is 318 g/mol. The molecular formula is C19H35N3O3. The molecule has 1 heterocycles. The van der Waals surface area contributed by atoms with Gasteiger partial charge in [-0.25, -0.2) is 0 Å². The number of rotatable bonds is 6. The normalized spacial score (nSPS) is 21.5. The summed E-state index contributed by atoms with van der Waals surface area (Å²) in [6.45, 7) is 10.5. The van der Waals surface area contributed by atoms with Gasteiger partial charge in [0.05, 0.1) is 12.1 Å². The third-order valence-corrected chi connectivity index (χ3v) is 5.09. The van der Waals surface area contributed by atoms with E-state index in [0.717, 1.165) is 32.1 Å². The molecule has 144 valence electrons. The summed E-state index contributed by atoms with van der Waals surface area (Å²) in [6, 6.07) is -1.35. The summed E-state index contributed by atoms with van der Waals surface area (Å²) in [5.41, 5.74) is -0.446. The summed E-state index contributed by atoms with van der Waals surface area (Å²) in [6.07, 6.45) is 3.74. The average Bonchev–Trinajstić information content (AvgIpc) is 2.51. The minimum Gasteiger partial charge on any atom is -0.342 e. The number of carbonyl (C=O) groups is 3. The van der Waals surface area contributed by atoms with Gasteiger partial charge in [0.1, 0.15) is 12.3 Å². The summed E-state index contributed by atoms with van der Waals surface area (Å²) in [4.78, 5) is 40.7. The maximum absolute atomic E-state index is 13.0. The highest BCUT2D eigenvalue weighted by molar-refractivity contribution is 5.91. The highest BCUT2D eigenvalue weighted by atomic mass is 16.2. The Morgan fingerprint density at radius 1 is 1.24 bits per heavy atom. The highest BCUT2D eigenvalue weighted by Crippen LogP contribution is 2.24. The molecule has 1 N–H and O–H groups in total. The van der Waals surface area contributed by atoms with Crippen molar-refractivity contribution in [2.75, 3.05) is 20.6 Å². The number of nitrogens with one attached hydrogen (secondary N) is 1. The van der Waals surface area contributed by atoms with Crippen molar-refractivity contribution >= 4 is 18.1 Å². The summed E-state index contributed by atoms with van der Waals surface area (Å²) in [5, 5.41) is 2.97. The van der Waals surface area contributed by atoms with Gasteiger partial charge in [0.2, 0.25) is 11.8 Å². The predicted molar refractivity (Wildman–Crippen MR) is 99.1 cm³/mol. The fourth-order valence-corrected chi connectivity index (χ4v) is 3.34. The molecule has 3 atom stereocenters. The molecule has 0 saturated carbocycles. The van der Waals surface area contributed by atoms with Crippen molar-refractivity contribution in [3.63, 3.8) is 0 Å². The van der Waals surface area contributed by atoms with Crippen molar-refractivity contribution in [3.8, 4) is 0 Å². The van der Waals surface area contributed by atoms with Gasteiger partial charge in [0.25, 0.3) is 0 Å². The maximum Gasteiger partial charge on any atom is 0.246 e. The van der Waals surface area contributed by atoms with Crippen LogP contribution in [0.5, 0.6) is 0 Å². The lowest BCUT2D eigenvalue weighted by Gasteiger charge is -2.38. The summed E-state index contributed by atoms with van der Waals surface area (Å²) in [5.74, 6) is -0.298. The number of aldehydes is 1.